The van der Waals surface area contributed by atoms with E-state index in [2.05, 4.69) is 19.8 Å². The van der Waals surface area contributed by atoms with Crippen molar-refractivity contribution in [1.82, 2.24) is 15.4 Å². The van der Waals surface area contributed by atoms with Crippen molar-refractivity contribution in [3.8, 4) is 0 Å². The maximum atomic E-state index is 3.84. The maximum absolute atomic E-state index is 3.84. The molecule has 0 bridgehead atoms. The molecule has 0 unspecified atom stereocenters. The van der Waals surface area contributed by atoms with Crippen LogP contribution < -0.4 is 0 Å². The van der Waals surface area contributed by atoms with Crippen LogP contribution in [-0.2, 0) is 0 Å². The molecule has 0 saturated heterocycles. The monoisotopic (exact) mass is 198 g/mol. The van der Waals surface area contributed by atoms with Gasteiger partial charge in [0.25, 0.3) is 0 Å². The Balaban J connectivity index is 0.000000120. The second kappa shape index (κ2) is 6.81. The minimum absolute atomic E-state index is 1.49. The average Bonchev–Trinajstić information content (AvgIpc) is 2.24. The van der Waals surface area contributed by atoms with Crippen LogP contribution in [-0.4, -0.2) is 21.6 Å². The highest BCUT2D eigenvalue weighted by Crippen LogP contribution is 2.24. The fraction of sp³-hybridized carbons (Fsp3) is 0. The minimum atomic E-state index is 1.49. The van der Waals surface area contributed by atoms with Crippen molar-refractivity contribution in [2.24, 2.45) is 4.40 Å². The molecule has 2 rings (SSSR count). The zero-order valence-electron chi connectivity index (χ0n) is 6.07. The van der Waals surface area contributed by atoms with Gasteiger partial charge >= 0.3 is 0 Å². The van der Waals surface area contributed by atoms with Gasteiger partial charge in [-0.15, -0.1) is 10.2 Å². The fourth-order valence-corrected chi connectivity index (χ4v) is 1.38. The van der Waals surface area contributed by atoms with E-state index in [1.807, 2.05) is 11.5 Å². The Morgan fingerprint density at radius 3 is 2.08 bits per heavy atom. The van der Waals surface area contributed by atoms with Gasteiger partial charge in [0, 0.05) is 17.2 Å². The lowest BCUT2D eigenvalue weighted by Crippen LogP contribution is -1.78. The number of hydrogen-bond acceptors (Lipinski definition) is 6. The highest BCUT2D eigenvalue weighted by Gasteiger charge is 1.79. The Bertz CT molecular complexity index is 210. The molecule has 0 atom stereocenters. The number of hydrogen-bond donors (Lipinski definition) is 0. The van der Waals surface area contributed by atoms with Crippen molar-refractivity contribution in [2.45, 2.75) is 0 Å². The van der Waals surface area contributed by atoms with Crippen LogP contribution in [0.1, 0.15) is 0 Å². The van der Waals surface area contributed by atoms with E-state index in [4.69, 9.17) is 0 Å². The molecule has 6 heteroatoms. The molecule has 0 spiro atoms. The van der Waals surface area contributed by atoms with Crippen LogP contribution in [0.25, 0.3) is 0 Å². The Morgan fingerprint density at radius 2 is 1.92 bits per heavy atom. The number of rotatable bonds is 0. The quantitative estimate of drug-likeness (QED) is 0.469. The van der Waals surface area contributed by atoms with Crippen molar-refractivity contribution in [1.29, 1.82) is 0 Å². The van der Waals surface area contributed by atoms with E-state index in [0.717, 1.165) is 0 Å². The van der Waals surface area contributed by atoms with E-state index in [1.165, 1.54) is 11.0 Å². The normalized spacial score (nSPS) is 13.3. The lowest BCUT2D eigenvalue weighted by molar-refractivity contribution is 0.865. The van der Waals surface area contributed by atoms with Crippen LogP contribution in [0.5, 0.6) is 0 Å². The van der Waals surface area contributed by atoms with Crippen LogP contribution in [0.4, 0.5) is 0 Å². The molecule has 0 saturated carbocycles. The first-order chi connectivity index (χ1) is 6.00. The van der Waals surface area contributed by atoms with Gasteiger partial charge in [0.15, 0.2) is 0 Å². The zero-order chi connectivity index (χ0) is 8.49. The Labute approximate surface area is 78.1 Å². The van der Waals surface area contributed by atoms with Crippen molar-refractivity contribution >= 4 is 28.0 Å². The van der Waals surface area contributed by atoms with Crippen LogP contribution in [0, 0.1) is 0 Å². The predicted molar refractivity (Wildman–Crippen MR) is 52.6 cm³/mol. The molecular weight excluding hydrogens is 192 g/mol. The third-order valence-corrected chi connectivity index (χ3v) is 2.19. The molecule has 62 valence electrons. The van der Waals surface area contributed by atoms with Gasteiger partial charge < -0.3 is 0 Å². The molecule has 12 heavy (non-hydrogen) atoms. The summed E-state index contributed by atoms with van der Waals surface area (Å²) in [6, 6.07) is 1.72. The lowest BCUT2D eigenvalue weighted by Gasteiger charge is -1.86. The van der Waals surface area contributed by atoms with Crippen molar-refractivity contribution in [3.05, 3.63) is 29.9 Å². The Hall–Kier alpha value is -0.880. The van der Waals surface area contributed by atoms with Crippen molar-refractivity contribution < 1.29 is 0 Å². The third kappa shape index (κ3) is 4.86. The van der Waals surface area contributed by atoms with E-state index in [9.17, 15) is 0 Å². The number of aromatic nitrogens is 3. The van der Waals surface area contributed by atoms with Crippen molar-refractivity contribution in [2.75, 3.05) is 0 Å². The second-order valence-electron chi connectivity index (χ2n) is 1.56. The van der Waals surface area contributed by atoms with Gasteiger partial charge in [-0.1, -0.05) is 0 Å². The van der Waals surface area contributed by atoms with Gasteiger partial charge in [-0.25, -0.2) is 4.40 Å². The smallest absolute Gasteiger partial charge is 0.0529 e. The van der Waals surface area contributed by atoms with E-state index in [-0.39, 0.29) is 0 Å². The molecule has 0 aliphatic carbocycles. The standard InChI is InChI=1S/C3H3N3.C3H3NS2/c2*1-2-4-6-5-3-1/h2*1-3H. The third-order valence-electron chi connectivity index (χ3n) is 0.776. The van der Waals surface area contributed by atoms with E-state index in [1.54, 1.807) is 35.5 Å². The molecule has 2 heterocycles. The van der Waals surface area contributed by atoms with Crippen LogP contribution in [0.2, 0.25) is 0 Å². The Kier molecular flexibility index (Phi) is 5.22. The van der Waals surface area contributed by atoms with Gasteiger partial charge in [-0.05, 0) is 33.6 Å². The van der Waals surface area contributed by atoms with E-state index >= 15 is 0 Å². The van der Waals surface area contributed by atoms with Gasteiger partial charge in [0.2, 0.25) is 0 Å². The molecule has 0 N–H and O–H groups in total. The first kappa shape index (κ1) is 9.21. The molecule has 4 nitrogen and oxygen atoms in total. The summed E-state index contributed by atoms with van der Waals surface area (Å²) in [4.78, 5) is 0. The van der Waals surface area contributed by atoms with E-state index in [0.29, 0.717) is 0 Å². The Morgan fingerprint density at radius 1 is 1.08 bits per heavy atom. The highest BCUT2D eigenvalue weighted by molar-refractivity contribution is 8.77. The number of allylic oxidation sites excluding steroid dienone is 1. The second-order valence-corrected chi connectivity index (χ2v) is 3.41. The topological polar surface area (TPSA) is 51.0 Å². The molecule has 0 fully saturated rings. The first-order valence-electron chi connectivity index (χ1n) is 3.09. The van der Waals surface area contributed by atoms with E-state index < -0.39 is 0 Å². The largest absolute Gasteiger partial charge is 0.213 e. The summed E-state index contributed by atoms with van der Waals surface area (Å²) in [6.45, 7) is 0. The van der Waals surface area contributed by atoms with Gasteiger partial charge in [-0.2, -0.15) is 0 Å². The van der Waals surface area contributed by atoms with Crippen LogP contribution >= 0.6 is 21.8 Å². The highest BCUT2D eigenvalue weighted by atomic mass is 33.1. The fourth-order valence-electron chi connectivity index (χ4n) is 0.382. The summed E-state index contributed by atoms with van der Waals surface area (Å²) in [6.07, 6.45) is 6.85. The first-order valence-corrected chi connectivity index (χ1v) is 5.26. The SMILES string of the molecule is C1=CSSN=C1.c1cnnnc1. The summed E-state index contributed by atoms with van der Waals surface area (Å²) in [5, 5.41) is 12.1. The molecule has 1 aliphatic rings. The van der Waals surface area contributed by atoms with Gasteiger partial charge in [-0.3, -0.25) is 0 Å². The van der Waals surface area contributed by atoms with Crippen LogP contribution in [0.15, 0.2) is 34.3 Å². The maximum Gasteiger partial charge on any atom is 0.0529 e. The summed E-state index contributed by atoms with van der Waals surface area (Å²) in [7, 11) is 3.13. The van der Waals surface area contributed by atoms with Crippen LogP contribution in [0.3, 0.4) is 0 Å². The van der Waals surface area contributed by atoms with Gasteiger partial charge in [0.05, 0.1) is 12.4 Å². The number of nitrogens with zero attached hydrogens (tertiary/aromatic N) is 4. The lowest BCUT2D eigenvalue weighted by atomic mass is 10.7. The summed E-state index contributed by atoms with van der Waals surface area (Å²) in [5.41, 5.74) is 0. The summed E-state index contributed by atoms with van der Waals surface area (Å²) in [5.74, 6) is 0. The molecule has 0 amide bonds. The summed E-state index contributed by atoms with van der Waals surface area (Å²) >= 11 is 0. The van der Waals surface area contributed by atoms with Gasteiger partial charge in [0.1, 0.15) is 0 Å². The molecule has 0 aromatic carbocycles. The molecular formula is C6H6N4S2. The zero-order valence-corrected chi connectivity index (χ0v) is 7.70. The van der Waals surface area contributed by atoms with Crippen molar-refractivity contribution in [3.63, 3.8) is 0 Å². The predicted octanol–water partition coefficient (Wildman–Crippen LogP) is 1.75. The summed E-state index contributed by atoms with van der Waals surface area (Å²) < 4.78 is 3.84. The molecule has 1 aromatic heterocycles. The molecule has 1 aromatic rings. The molecule has 0 radical (unpaired) electrons. The molecule has 1 aliphatic heterocycles. The minimum Gasteiger partial charge on any atom is -0.213 e. The average molecular weight is 198 g/mol.